The van der Waals surface area contributed by atoms with Gasteiger partial charge in [0.05, 0.1) is 33.8 Å². The summed E-state index contributed by atoms with van der Waals surface area (Å²) in [5, 5.41) is 11.5. The maximum atomic E-state index is 13.5. The van der Waals surface area contributed by atoms with Crippen molar-refractivity contribution < 1.29 is 24.2 Å². The Labute approximate surface area is 199 Å². The van der Waals surface area contributed by atoms with Gasteiger partial charge in [0.2, 0.25) is 5.78 Å². The van der Waals surface area contributed by atoms with Crippen LogP contribution in [0.5, 0.6) is 5.75 Å². The molecule has 33 heavy (non-hydrogen) atoms. The summed E-state index contributed by atoms with van der Waals surface area (Å²) in [4.78, 5) is 32.8. The van der Waals surface area contributed by atoms with Crippen molar-refractivity contribution in [2.24, 2.45) is 0 Å². The highest BCUT2D eigenvalue weighted by Crippen LogP contribution is 2.40. The number of nitrogens with zero attached hydrogens (tertiary/aromatic N) is 2. The van der Waals surface area contributed by atoms with Gasteiger partial charge >= 0.3 is 0 Å². The summed E-state index contributed by atoms with van der Waals surface area (Å²) in [6.07, 6.45) is 3.82. The molecule has 3 rings (SSSR count). The molecule has 1 N–H and O–H groups in total. The van der Waals surface area contributed by atoms with Crippen molar-refractivity contribution in [3.8, 4) is 5.75 Å². The number of hydrogen-bond acceptors (Lipinski definition) is 7. The van der Waals surface area contributed by atoms with E-state index < -0.39 is 17.7 Å². The van der Waals surface area contributed by atoms with Crippen LogP contribution in [0.3, 0.4) is 0 Å². The molecule has 0 fully saturated rings. The van der Waals surface area contributed by atoms with Gasteiger partial charge in [-0.1, -0.05) is 31.9 Å². The first-order valence-electron chi connectivity index (χ1n) is 11.3. The molecule has 1 unspecified atom stereocenters. The number of Topliss-reactive ketones (excluding diaryl/α,β-unsaturated/α-hetero) is 1. The van der Waals surface area contributed by atoms with Crippen molar-refractivity contribution in [2.75, 3.05) is 26.9 Å². The lowest BCUT2D eigenvalue weighted by molar-refractivity contribution is -0.129. The average molecular weight is 473 g/mol. The molecule has 1 aromatic carbocycles. The molecular formula is C25H32N2O5S. The Kier molecular flexibility index (Phi) is 8.63. The number of ketones is 1. The number of aliphatic hydroxyl groups excluding tert-OH is 1. The van der Waals surface area contributed by atoms with Gasteiger partial charge < -0.3 is 19.5 Å². The third-order valence-electron chi connectivity index (χ3n) is 5.62. The molecule has 2 heterocycles. The highest BCUT2D eigenvalue weighted by molar-refractivity contribution is 7.14. The average Bonchev–Trinajstić information content (AvgIpc) is 3.27. The van der Waals surface area contributed by atoms with Crippen molar-refractivity contribution in [1.82, 2.24) is 9.88 Å². The fourth-order valence-corrected chi connectivity index (χ4v) is 4.87. The summed E-state index contributed by atoms with van der Waals surface area (Å²) >= 11 is 1.27. The molecular weight excluding hydrogens is 440 g/mol. The zero-order chi connectivity index (χ0) is 24.0. The number of carbonyl (C=O) groups excluding carboxylic acids is 2. The van der Waals surface area contributed by atoms with Crippen LogP contribution in [0.1, 0.15) is 64.6 Å². The first-order chi connectivity index (χ1) is 15.9. The van der Waals surface area contributed by atoms with E-state index in [4.69, 9.17) is 9.47 Å². The fraction of sp³-hybridized carbons (Fsp3) is 0.480. The second kappa shape index (κ2) is 11.4. The summed E-state index contributed by atoms with van der Waals surface area (Å²) in [6.45, 7) is 7.21. The molecule has 178 valence electrons. The van der Waals surface area contributed by atoms with Gasteiger partial charge in [-0.3, -0.25) is 9.59 Å². The van der Waals surface area contributed by atoms with Gasteiger partial charge in [-0.15, -0.1) is 11.3 Å². The number of thiazole rings is 1. The van der Waals surface area contributed by atoms with E-state index in [0.29, 0.717) is 36.8 Å². The third kappa shape index (κ3) is 5.62. The highest BCUT2D eigenvalue weighted by atomic mass is 32.1. The molecule has 0 saturated carbocycles. The van der Waals surface area contributed by atoms with Crippen LogP contribution in [0.2, 0.25) is 0 Å². The van der Waals surface area contributed by atoms with E-state index in [1.54, 1.807) is 18.9 Å². The lowest BCUT2D eigenvalue weighted by Gasteiger charge is -2.27. The molecule has 0 radical (unpaired) electrons. The zero-order valence-electron chi connectivity index (χ0n) is 19.7. The first-order valence-corrected chi connectivity index (χ1v) is 12.1. The molecule has 1 aliphatic heterocycles. The van der Waals surface area contributed by atoms with Crippen LogP contribution in [-0.2, 0) is 9.53 Å². The van der Waals surface area contributed by atoms with Crippen LogP contribution >= 0.6 is 11.3 Å². The predicted molar refractivity (Wildman–Crippen MR) is 128 cm³/mol. The number of benzene rings is 1. The number of hydrogen-bond donors (Lipinski definition) is 1. The van der Waals surface area contributed by atoms with Gasteiger partial charge in [-0.2, -0.15) is 0 Å². The number of ether oxygens (including phenoxy) is 2. The standard InChI is InChI=1S/C25H32N2O5S/c1-5-6-7-15-32-19-11-9-18(10-12-19)21-20(22(28)24-16(2)26-17(3)33-24)23(29)25(30)27(21)13-8-14-31-4/h9-12,21,29H,5-8,13-15H2,1-4H3. The van der Waals surface area contributed by atoms with Crippen molar-refractivity contribution in [1.29, 1.82) is 0 Å². The molecule has 0 saturated heterocycles. The monoisotopic (exact) mass is 472 g/mol. The molecule has 0 aliphatic carbocycles. The molecule has 0 bridgehead atoms. The summed E-state index contributed by atoms with van der Waals surface area (Å²) in [7, 11) is 1.60. The third-order valence-corrected chi connectivity index (χ3v) is 6.69. The lowest BCUT2D eigenvalue weighted by Crippen LogP contribution is -2.32. The first kappa shape index (κ1) is 24.9. The van der Waals surface area contributed by atoms with Crippen molar-refractivity contribution in [2.45, 2.75) is 52.5 Å². The minimum atomic E-state index is -0.683. The minimum Gasteiger partial charge on any atom is -0.503 e. The second-order valence-corrected chi connectivity index (χ2v) is 9.31. The van der Waals surface area contributed by atoms with E-state index in [0.717, 1.165) is 35.6 Å². The van der Waals surface area contributed by atoms with E-state index in [1.165, 1.54) is 11.3 Å². The van der Waals surface area contributed by atoms with Gasteiger partial charge in [0.1, 0.15) is 5.75 Å². The Hall–Kier alpha value is -2.71. The minimum absolute atomic E-state index is 0.0979. The van der Waals surface area contributed by atoms with Crippen LogP contribution in [0.25, 0.3) is 0 Å². The quantitative estimate of drug-likeness (QED) is 0.348. The molecule has 1 amide bonds. The molecule has 8 heteroatoms. The molecule has 1 atom stereocenters. The number of aromatic nitrogens is 1. The molecule has 7 nitrogen and oxygen atoms in total. The van der Waals surface area contributed by atoms with Crippen molar-refractivity contribution in [3.63, 3.8) is 0 Å². The van der Waals surface area contributed by atoms with Crippen molar-refractivity contribution >= 4 is 23.0 Å². The van der Waals surface area contributed by atoms with Gasteiger partial charge in [0.15, 0.2) is 5.76 Å². The van der Waals surface area contributed by atoms with Gasteiger partial charge in [0.25, 0.3) is 5.91 Å². The Balaban J connectivity index is 1.92. The van der Waals surface area contributed by atoms with Crippen LogP contribution in [0.15, 0.2) is 35.6 Å². The lowest BCUT2D eigenvalue weighted by atomic mass is 9.95. The maximum absolute atomic E-state index is 13.5. The summed E-state index contributed by atoms with van der Waals surface area (Å²) in [5.74, 6) is -0.658. The Morgan fingerprint density at radius 3 is 2.48 bits per heavy atom. The number of rotatable bonds is 12. The van der Waals surface area contributed by atoms with E-state index in [2.05, 4.69) is 11.9 Å². The number of methoxy groups -OCH3 is 1. The van der Waals surface area contributed by atoms with Gasteiger partial charge in [0, 0.05) is 20.3 Å². The summed E-state index contributed by atoms with van der Waals surface area (Å²) in [5.41, 5.74) is 1.44. The van der Waals surface area contributed by atoms with E-state index in [1.807, 2.05) is 31.2 Å². The zero-order valence-corrected chi connectivity index (χ0v) is 20.5. The molecule has 1 aliphatic rings. The fourth-order valence-electron chi connectivity index (χ4n) is 3.99. The van der Waals surface area contributed by atoms with E-state index in [-0.39, 0.29) is 11.4 Å². The topological polar surface area (TPSA) is 89.0 Å². The summed E-state index contributed by atoms with van der Waals surface area (Å²) < 4.78 is 10.9. The summed E-state index contributed by atoms with van der Waals surface area (Å²) in [6, 6.07) is 6.72. The number of unbranched alkanes of at least 4 members (excludes halogenated alkanes) is 2. The smallest absolute Gasteiger partial charge is 0.290 e. The van der Waals surface area contributed by atoms with Gasteiger partial charge in [-0.25, -0.2) is 4.98 Å². The molecule has 1 aromatic heterocycles. The number of carbonyl (C=O) groups is 2. The van der Waals surface area contributed by atoms with E-state index >= 15 is 0 Å². The Morgan fingerprint density at radius 1 is 1.15 bits per heavy atom. The number of amides is 1. The van der Waals surface area contributed by atoms with Crippen LogP contribution in [-0.4, -0.2) is 53.5 Å². The van der Waals surface area contributed by atoms with Crippen LogP contribution < -0.4 is 4.74 Å². The van der Waals surface area contributed by atoms with Crippen molar-refractivity contribution in [3.05, 3.63) is 56.7 Å². The number of aliphatic hydroxyl groups is 1. The van der Waals surface area contributed by atoms with Crippen LogP contribution in [0.4, 0.5) is 0 Å². The Morgan fingerprint density at radius 2 is 1.88 bits per heavy atom. The Bertz CT molecular complexity index is 1010. The predicted octanol–water partition coefficient (Wildman–Crippen LogP) is 4.94. The largest absolute Gasteiger partial charge is 0.503 e. The molecule has 0 spiro atoms. The second-order valence-electron chi connectivity index (χ2n) is 8.11. The normalized spacial score (nSPS) is 16.1. The molecule has 2 aromatic rings. The highest BCUT2D eigenvalue weighted by Gasteiger charge is 2.44. The maximum Gasteiger partial charge on any atom is 0.290 e. The van der Waals surface area contributed by atoms with Crippen LogP contribution in [0, 0.1) is 13.8 Å². The van der Waals surface area contributed by atoms with E-state index in [9.17, 15) is 14.7 Å². The SMILES string of the molecule is CCCCCOc1ccc(C2C(C(=O)c3sc(C)nc3C)=C(O)C(=O)N2CCCOC)cc1. The van der Waals surface area contributed by atoms with Gasteiger partial charge in [-0.05, 0) is 44.4 Å². The number of aryl methyl sites for hydroxylation is 2.